The maximum absolute atomic E-state index is 14.1. The molecule has 16 heteroatoms. The summed E-state index contributed by atoms with van der Waals surface area (Å²) in [5, 5.41) is 17.3. The van der Waals surface area contributed by atoms with Crippen molar-refractivity contribution in [3.63, 3.8) is 0 Å². The van der Waals surface area contributed by atoms with Gasteiger partial charge >= 0.3 is 12.2 Å². The number of aromatic nitrogens is 4. The lowest BCUT2D eigenvalue weighted by Crippen LogP contribution is -2.53. The Morgan fingerprint density at radius 2 is 1.41 bits per heavy atom. The van der Waals surface area contributed by atoms with Crippen LogP contribution in [0.2, 0.25) is 5.15 Å². The van der Waals surface area contributed by atoms with Gasteiger partial charge in [0.05, 0.1) is 35.9 Å². The molecule has 0 bridgehead atoms. The SMILES string of the molecule is COC(=O)N[C@H](C(=O)N1[C@@H]2C[C@H]2C[C@H]1c1nc(Cl)c(-c2ccc3cc(-c4ccc5[nH]c([C@@H]6C[C@H]7C[C@H]7N6C(=O)[C@@H](NC(=O)O)C6CCOCC6)nc5c4)ccc3c2)[nH]1)C(C)C. The molecule has 5 heterocycles. The number of methoxy groups -OCH3 is 1. The Bertz CT molecular complexity index is 2570. The van der Waals surface area contributed by atoms with E-state index in [2.05, 4.69) is 63.1 Å². The predicted octanol–water partition coefficient (Wildman–Crippen LogP) is 7.19. The van der Waals surface area contributed by atoms with Crippen LogP contribution in [0, 0.1) is 23.7 Å². The maximum atomic E-state index is 14.1. The molecule has 5 fully saturated rings. The molecule has 4 amide bonds. The van der Waals surface area contributed by atoms with Crippen LogP contribution in [0.4, 0.5) is 9.59 Å². The van der Waals surface area contributed by atoms with Crippen LogP contribution in [0.3, 0.4) is 0 Å². The summed E-state index contributed by atoms with van der Waals surface area (Å²) < 4.78 is 10.3. The molecule has 8 atom stereocenters. The molecule has 3 aromatic carbocycles. The van der Waals surface area contributed by atoms with E-state index in [1.807, 2.05) is 35.8 Å². The maximum Gasteiger partial charge on any atom is 0.407 e. The number of piperidine rings is 2. The molecular formula is C45H49ClN8O7. The molecule has 10 rings (SSSR count). The lowest BCUT2D eigenvalue weighted by atomic mass is 9.90. The van der Waals surface area contributed by atoms with Crippen LogP contribution in [0.5, 0.6) is 0 Å². The van der Waals surface area contributed by atoms with Crippen molar-refractivity contribution in [1.29, 1.82) is 0 Å². The van der Waals surface area contributed by atoms with Gasteiger partial charge in [-0.2, -0.15) is 0 Å². The van der Waals surface area contributed by atoms with Crippen LogP contribution in [-0.4, -0.2) is 103 Å². The molecule has 2 aliphatic carbocycles. The molecule has 318 valence electrons. The number of fused-ring (bicyclic) bond motifs is 4. The van der Waals surface area contributed by atoms with Gasteiger partial charge in [-0.25, -0.2) is 19.6 Å². The summed E-state index contributed by atoms with van der Waals surface area (Å²) in [4.78, 5) is 72.4. The van der Waals surface area contributed by atoms with Gasteiger partial charge in [-0.05, 0) is 108 Å². The molecule has 0 unspecified atom stereocenters. The molecule has 15 nitrogen and oxygen atoms in total. The van der Waals surface area contributed by atoms with E-state index in [-0.39, 0.29) is 47.8 Å². The first-order valence-corrected chi connectivity index (χ1v) is 21.7. The standard InChI is InChI=1S/C45H49ClN8O7/c1-21(2)36(51-45(59)60-3)42(55)53-32-17-29(32)20-35(53)41-49-37(39(46)52-41)27-7-6-23-14-24(4-5-25(23)15-27)26-8-9-30-31(16-26)48-40(47-30)34-19-28-18-33(28)54(34)43(56)38(50-44(57)58)22-10-12-61-13-11-22/h4-9,14-16,21-22,28-29,32-36,38,50H,10-13,17-20H2,1-3H3,(H,47,48)(H,49,52)(H,51,59)(H,57,58)/t28-,29+,32-,33-,34+,35+,36+,38+/m1/s1. The molecule has 0 radical (unpaired) electrons. The van der Waals surface area contributed by atoms with Crippen molar-refractivity contribution >= 4 is 57.4 Å². The van der Waals surface area contributed by atoms with Gasteiger partial charge in [0.25, 0.3) is 0 Å². The number of amides is 4. The Morgan fingerprint density at radius 3 is 2.07 bits per heavy atom. The Labute approximate surface area is 356 Å². The van der Waals surface area contributed by atoms with Gasteiger partial charge < -0.3 is 45.0 Å². The summed E-state index contributed by atoms with van der Waals surface area (Å²) in [5.41, 5.74) is 5.25. The number of likely N-dealkylation sites (tertiary alicyclic amines) is 2. The fourth-order valence-electron chi connectivity index (χ4n) is 10.3. The van der Waals surface area contributed by atoms with Gasteiger partial charge in [-0.1, -0.05) is 55.8 Å². The van der Waals surface area contributed by atoms with Crippen LogP contribution in [0.15, 0.2) is 54.6 Å². The van der Waals surface area contributed by atoms with Gasteiger partial charge in [0, 0.05) is 30.9 Å². The number of ether oxygens (including phenoxy) is 2. The fourth-order valence-corrected chi connectivity index (χ4v) is 10.5. The average molecular weight is 849 g/mol. The van der Waals surface area contributed by atoms with E-state index in [1.54, 1.807) is 0 Å². The summed E-state index contributed by atoms with van der Waals surface area (Å²) in [7, 11) is 1.29. The number of hydrogen-bond acceptors (Lipinski definition) is 8. The van der Waals surface area contributed by atoms with Crippen LogP contribution in [0.25, 0.3) is 44.2 Å². The minimum Gasteiger partial charge on any atom is -0.465 e. The van der Waals surface area contributed by atoms with Gasteiger partial charge in [-0.3, -0.25) is 9.59 Å². The first-order chi connectivity index (χ1) is 29.4. The Hall–Kier alpha value is -5.67. The number of hydrogen-bond donors (Lipinski definition) is 5. The monoisotopic (exact) mass is 848 g/mol. The summed E-state index contributed by atoms with van der Waals surface area (Å²) in [6.45, 7) is 4.84. The molecule has 61 heavy (non-hydrogen) atoms. The first kappa shape index (κ1) is 39.5. The third-order valence-corrected chi connectivity index (χ3v) is 13.9. The third kappa shape index (κ3) is 7.24. The van der Waals surface area contributed by atoms with E-state index < -0.39 is 24.3 Å². The number of aromatic amines is 2. The summed E-state index contributed by atoms with van der Waals surface area (Å²) in [6.07, 6.45) is 2.88. The normalized spacial score (nSPS) is 25.3. The number of carbonyl (C=O) groups is 4. The average Bonchev–Trinajstić information content (AvgIpc) is 3.94. The van der Waals surface area contributed by atoms with Crippen LogP contribution in [0.1, 0.15) is 76.1 Å². The molecule has 5 aromatic rings. The zero-order chi connectivity index (χ0) is 42.3. The van der Waals surface area contributed by atoms with Crippen LogP contribution in [-0.2, 0) is 19.1 Å². The minimum atomic E-state index is -1.19. The van der Waals surface area contributed by atoms with Crippen molar-refractivity contribution in [2.24, 2.45) is 23.7 Å². The Morgan fingerprint density at radius 1 is 0.803 bits per heavy atom. The number of nitrogens with one attached hydrogen (secondary N) is 4. The van der Waals surface area contributed by atoms with Crippen LogP contribution < -0.4 is 10.6 Å². The molecule has 5 aliphatic rings. The van der Waals surface area contributed by atoms with Crippen molar-refractivity contribution in [3.8, 4) is 22.4 Å². The van der Waals surface area contributed by atoms with Crippen molar-refractivity contribution in [2.45, 2.75) is 88.6 Å². The quantitative estimate of drug-likeness (QED) is 0.0967. The second-order valence-corrected chi connectivity index (χ2v) is 18.1. The van der Waals surface area contributed by atoms with E-state index in [0.29, 0.717) is 54.6 Å². The van der Waals surface area contributed by atoms with E-state index in [0.717, 1.165) is 70.0 Å². The molecule has 0 spiro atoms. The second-order valence-electron chi connectivity index (χ2n) is 17.8. The van der Waals surface area contributed by atoms with E-state index in [4.69, 9.17) is 31.0 Å². The van der Waals surface area contributed by atoms with Gasteiger partial charge in [-0.15, -0.1) is 0 Å². The lowest BCUT2D eigenvalue weighted by molar-refractivity contribution is -0.138. The number of nitrogens with zero attached hydrogens (tertiary/aromatic N) is 4. The van der Waals surface area contributed by atoms with Crippen LogP contribution >= 0.6 is 11.6 Å². The second kappa shape index (κ2) is 15.4. The summed E-state index contributed by atoms with van der Waals surface area (Å²) in [6, 6.07) is 16.7. The van der Waals surface area contributed by atoms with Crippen molar-refractivity contribution in [2.75, 3.05) is 20.3 Å². The molecule has 3 aliphatic heterocycles. The summed E-state index contributed by atoms with van der Waals surface area (Å²) in [5.74, 6) is 1.57. The van der Waals surface area contributed by atoms with Crippen molar-refractivity contribution in [1.82, 2.24) is 40.4 Å². The summed E-state index contributed by atoms with van der Waals surface area (Å²) >= 11 is 6.80. The number of carboxylic acid groups (broad SMARTS) is 1. The van der Waals surface area contributed by atoms with E-state index in [1.165, 1.54) is 7.11 Å². The largest absolute Gasteiger partial charge is 0.465 e. The highest BCUT2D eigenvalue weighted by atomic mass is 35.5. The van der Waals surface area contributed by atoms with Gasteiger partial charge in [0.1, 0.15) is 23.7 Å². The molecular weight excluding hydrogens is 800 g/mol. The number of imidazole rings is 2. The zero-order valence-corrected chi connectivity index (χ0v) is 34.9. The van der Waals surface area contributed by atoms with Crippen molar-refractivity contribution in [3.05, 3.63) is 71.4 Å². The van der Waals surface area contributed by atoms with Gasteiger partial charge in [0.15, 0.2) is 5.15 Å². The number of benzene rings is 3. The zero-order valence-electron chi connectivity index (χ0n) is 34.2. The molecule has 2 saturated carbocycles. The molecule has 2 aromatic heterocycles. The van der Waals surface area contributed by atoms with E-state index in [9.17, 15) is 24.3 Å². The number of carbonyl (C=O) groups excluding carboxylic acids is 3. The number of H-pyrrole nitrogens is 2. The van der Waals surface area contributed by atoms with Crippen molar-refractivity contribution < 1.29 is 33.8 Å². The Kier molecular flexibility index (Phi) is 9.93. The number of rotatable bonds is 10. The fraction of sp³-hybridized carbons (Fsp3) is 0.467. The lowest BCUT2D eigenvalue weighted by Gasteiger charge is -2.35. The topological polar surface area (TPSA) is 195 Å². The number of alkyl carbamates (subject to hydrolysis) is 1. The minimum absolute atomic E-state index is 0.100. The first-order valence-electron chi connectivity index (χ1n) is 21.3. The molecule has 5 N–H and O–H groups in total. The highest BCUT2D eigenvalue weighted by Gasteiger charge is 2.58. The van der Waals surface area contributed by atoms with Gasteiger partial charge in [0.2, 0.25) is 11.8 Å². The molecule has 3 saturated heterocycles. The smallest absolute Gasteiger partial charge is 0.407 e. The highest BCUT2D eigenvalue weighted by Crippen LogP contribution is 2.55. The predicted molar refractivity (Wildman–Crippen MR) is 226 cm³/mol. The number of halogens is 1. The van der Waals surface area contributed by atoms with E-state index >= 15 is 0 Å². The third-order valence-electron chi connectivity index (χ3n) is 13.7. The Balaban J connectivity index is 0.873. The highest BCUT2D eigenvalue weighted by molar-refractivity contribution is 6.32.